The lowest BCUT2D eigenvalue weighted by Gasteiger charge is -2.51. The molecule has 0 fully saturated rings. The molecule has 31 heavy (non-hydrogen) atoms. The number of anilines is 1. The van der Waals surface area contributed by atoms with E-state index in [1.165, 1.54) is 6.07 Å². The van der Waals surface area contributed by atoms with Crippen LogP contribution in [0.25, 0.3) is 0 Å². The van der Waals surface area contributed by atoms with Gasteiger partial charge in [-0.05, 0) is 61.7 Å². The van der Waals surface area contributed by atoms with Gasteiger partial charge in [-0.3, -0.25) is 14.9 Å². The second kappa shape index (κ2) is 7.61. The van der Waals surface area contributed by atoms with Gasteiger partial charge >= 0.3 is 0 Å². The fourth-order valence-corrected chi connectivity index (χ4v) is 5.07. The van der Waals surface area contributed by atoms with Crippen molar-refractivity contribution in [3.05, 3.63) is 104 Å². The van der Waals surface area contributed by atoms with Gasteiger partial charge in [0.05, 0.1) is 4.92 Å². The molecule has 158 valence electrons. The largest absolute Gasteiger partial charge is 0.302 e. The molecular weight excluding hydrogens is 456 g/mol. The standard InChI is InChI=1S/C25H23BrN2O3/c1-24(2)16-25(3,18-7-5-4-6-8-18)21-15-20(28(30)31)13-14-22(21)27(24)23(29)17-9-11-19(26)12-10-17/h4-15H,16H2,1-3H3/t25-/m1/s1. The Hall–Kier alpha value is -2.99. The average molecular weight is 479 g/mol. The van der Waals surface area contributed by atoms with E-state index in [1.807, 2.05) is 42.5 Å². The lowest BCUT2D eigenvalue weighted by atomic mass is 9.65. The van der Waals surface area contributed by atoms with Crippen LogP contribution in [0.15, 0.2) is 77.3 Å². The highest BCUT2D eigenvalue weighted by atomic mass is 79.9. The zero-order chi connectivity index (χ0) is 22.4. The van der Waals surface area contributed by atoms with Crippen molar-refractivity contribution in [1.82, 2.24) is 0 Å². The topological polar surface area (TPSA) is 63.5 Å². The molecule has 1 heterocycles. The van der Waals surface area contributed by atoms with Crippen molar-refractivity contribution in [2.75, 3.05) is 4.90 Å². The number of benzene rings is 3. The van der Waals surface area contributed by atoms with Crippen molar-refractivity contribution in [3.63, 3.8) is 0 Å². The Morgan fingerprint density at radius 3 is 2.26 bits per heavy atom. The Balaban J connectivity index is 1.94. The van der Waals surface area contributed by atoms with E-state index in [1.54, 1.807) is 29.2 Å². The van der Waals surface area contributed by atoms with Crippen molar-refractivity contribution >= 4 is 33.2 Å². The Morgan fingerprint density at radius 1 is 1.00 bits per heavy atom. The van der Waals surface area contributed by atoms with Gasteiger partial charge < -0.3 is 4.90 Å². The normalized spacial score (nSPS) is 19.5. The molecule has 0 saturated heterocycles. The minimum Gasteiger partial charge on any atom is -0.302 e. The van der Waals surface area contributed by atoms with Crippen LogP contribution in [0.5, 0.6) is 0 Å². The summed E-state index contributed by atoms with van der Waals surface area (Å²) in [4.78, 5) is 26.6. The van der Waals surface area contributed by atoms with Gasteiger partial charge in [-0.2, -0.15) is 0 Å². The van der Waals surface area contributed by atoms with Crippen LogP contribution in [-0.4, -0.2) is 16.4 Å². The molecule has 1 aliphatic heterocycles. The molecular formula is C25H23BrN2O3. The van der Waals surface area contributed by atoms with Crippen LogP contribution < -0.4 is 4.90 Å². The van der Waals surface area contributed by atoms with Crippen LogP contribution in [-0.2, 0) is 5.41 Å². The summed E-state index contributed by atoms with van der Waals surface area (Å²) < 4.78 is 0.898. The summed E-state index contributed by atoms with van der Waals surface area (Å²) in [5.41, 5.74) is 2.17. The maximum absolute atomic E-state index is 13.6. The van der Waals surface area contributed by atoms with E-state index in [4.69, 9.17) is 0 Å². The number of carbonyl (C=O) groups is 1. The van der Waals surface area contributed by atoms with Gasteiger partial charge in [0.15, 0.2) is 0 Å². The fraction of sp³-hybridized carbons (Fsp3) is 0.240. The summed E-state index contributed by atoms with van der Waals surface area (Å²) in [7, 11) is 0. The molecule has 1 aliphatic rings. The molecule has 1 amide bonds. The number of hydrogen-bond acceptors (Lipinski definition) is 3. The van der Waals surface area contributed by atoms with Crippen LogP contribution in [0.1, 0.15) is 48.7 Å². The molecule has 3 aromatic carbocycles. The summed E-state index contributed by atoms with van der Waals surface area (Å²) in [5, 5.41) is 11.6. The Morgan fingerprint density at radius 2 is 1.65 bits per heavy atom. The third kappa shape index (κ3) is 3.65. The van der Waals surface area contributed by atoms with Crippen LogP contribution >= 0.6 is 15.9 Å². The van der Waals surface area contributed by atoms with E-state index in [0.717, 1.165) is 15.6 Å². The zero-order valence-corrected chi connectivity index (χ0v) is 19.2. The van der Waals surface area contributed by atoms with Gasteiger partial charge in [-0.1, -0.05) is 53.2 Å². The van der Waals surface area contributed by atoms with Gasteiger partial charge in [0, 0.05) is 38.8 Å². The summed E-state index contributed by atoms with van der Waals surface area (Å²) in [6.45, 7) is 6.21. The molecule has 0 aliphatic carbocycles. The molecule has 0 bridgehead atoms. The maximum Gasteiger partial charge on any atom is 0.269 e. The Bertz CT molecular complexity index is 1160. The lowest BCUT2D eigenvalue weighted by Crippen LogP contribution is -2.55. The van der Waals surface area contributed by atoms with Crippen LogP contribution in [0.3, 0.4) is 0 Å². The molecule has 0 saturated carbocycles. The Labute approximate surface area is 190 Å². The van der Waals surface area contributed by atoms with E-state index in [9.17, 15) is 14.9 Å². The monoisotopic (exact) mass is 478 g/mol. The minimum atomic E-state index is -0.516. The molecule has 6 heteroatoms. The summed E-state index contributed by atoms with van der Waals surface area (Å²) in [6, 6.07) is 22.1. The molecule has 0 spiro atoms. The number of nitro benzene ring substituents is 1. The predicted octanol–water partition coefficient (Wildman–Crippen LogP) is 6.49. The summed E-state index contributed by atoms with van der Waals surface area (Å²) >= 11 is 3.41. The van der Waals surface area contributed by atoms with Gasteiger partial charge in [-0.25, -0.2) is 0 Å². The molecule has 5 nitrogen and oxygen atoms in total. The van der Waals surface area contributed by atoms with E-state index in [-0.39, 0.29) is 16.5 Å². The van der Waals surface area contributed by atoms with E-state index < -0.39 is 11.0 Å². The van der Waals surface area contributed by atoms with Crippen molar-refractivity contribution in [2.24, 2.45) is 0 Å². The quantitative estimate of drug-likeness (QED) is 0.319. The van der Waals surface area contributed by atoms with Crippen LogP contribution in [0.4, 0.5) is 11.4 Å². The number of rotatable bonds is 3. The highest BCUT2D eigenvalue weighted by Crippen LogP contribution is 2.51. The van der Waals surface area contributed by atoms with Crippen molar-refractivity contribution in [1.29, 1.82) is 0 Å². The molecule has 0 aromatic heterocycles. The highest BCUT2D eigenvalue weighted by Gasteiger charge is 2.48. The number of nitrogens with zero attached hydrogens (tertiary/aromatic N) is 2. The van der Waals surface area contributed by atoms with Crippen molar-refractivity contribution in [2.45, 2.75) is 38.1 Å². The third-order valence-electron chi connectivity index (χ3n) is 6.12. The first-order chi connectivity index (χ1) is 14.6. The van der Waals surface area contributed by atoms with Crippen molar-refractivity contribution in [3.8, 4) is 0 Å². The minimum absolute atomic E-state index is 0.0247. The first-order valence-electron chi connectivity index (χ1n) is 10.1. The third-order valence-corrected chi connectivity index (χ3v) is 6.65. The van der Waals surface area contributed by atoms with Gasteiger partial charge in [0.1, 0.15) is 0 Å². The fourth-order valence-electron chi connectivity index (χ4n) is 4.81. The molecule has 0 radical (unpaired) electrons. The first kappa shape index (κ1) is 21.2. The maximum atomic E-state index is 13.6. The molecule has 4 rings (SSSR count). The molecule has 1 atom stereocenters. The number of amides is 1. The van der Waals surface area contributed by atoms with E-state index in [2.05, 4.69) is 36.7 Å². The number of carbonyl (C=O) groups excluding carboxylic acids is 1. The van der Waals surface area contributed by atoms with Gasteiger partial charge in [-0.15, -0.1) is 0 Å². The molecule has 3 aromatic rings. The van der Waals surface area contributed by atoms with E-state index >= 15 is 0 Å². The summed E-state index contributed by atoms with van der Waals surface area (Å²) in [5.74, 6) is -0.122. The smallest absolute Gasteiger partial charge is 0.269 e. The number of fused-ring (bicyclic) bond motifs is 1. The van der Waals surface area contributed by atoms with Gasteiger partial charge in [0.25, 0.3) is 11.6 Å². The number of nitro groups is 1. The average Bonchev–Trinajstić information content (AvgIpc) is 2.74. The lowest BCUT2D eigenvalue weighted by molar-refractivity contribution is -0.385. The second-order valence-corrected chi connectivity index (χ2v) is 9.71. The first-order valence-corrected chi connectivity index (χ1v) is 10.9. The van der Waals surface area contributed by atoms with Crippen molar-refractivity contribution < 1.29 is 9.72 Å². The number of non-ortho nitro benzene ring substituents is 1. The Kier molecular flexibility index (Phi) is 5.21. The number of hydrogen-bond donors (Lipinski definition) is 0. The zero-order valence-electron chi connectivity index (χ0n) is 17.6. The SMILES string of the molecule is CC1(C)C[C@](C)(c2ccccc2)c2cc([N+](=O)[O-])ccc2N1C(=O)c1ccc(Br)cc1. The predicted molar refractivity (Wildman–Crippen MR) is 126 cm³/mol. The summed E-state index contributed by atoms with van der Waals surface area (Å²) in [6.07, 6.45) is 0.625. The van der Waals surface area contributed by atoms with Crippen LogP contribution in [0, 0.1) is 10.1 Å². The van der Waals surface area contributed by atoms with Gasteiger partial charge in [0.2, 0.25) is 0 Å². The van der Waals surface area contributed by atoms with Crippen LogP contribution in [0.2, 0.25) is 0 Å². The highest BCUT2D eigenvalue weighted by molar-refractivity contribution is 9.10. The molecule has 0 unspecified atom stereocenters. The number of halogens is 1. The van der Waals surface area contributed by atoms with E-state index in [0.29, 0.717) is 17.7 Å². The second-order valence-electron chi connectivity index (χ2n) is 8.79. The molecule has 0 N–H and O–H groups in total.